The third kappa shape index (κ3) is 5.06. The van der Waals surface area contributed by atoms with E-state index in [1.807, 2.05) is 0 Å². The number of rotatable bonds is 6. The van der Waals surface area contributed by atoms with Crippen LogP contribution in [0.4, 0.5) is 5.69 Å². The number of aromatic nitrogens is 1. The second-order valence-corrected chi connectivity index (χ2v) is 8.96. The maximum absolute atomic E-state index is 13.2. The van der Waals surface area contributed by atoms with Crippen molar-refractivity contribution >= 4 is 44.8 Å². The fourth-order valence-corrected chi connectivity index (χ4v) is 5.02. The number of hydrogen-bond donors (Lipinski definition) is 2. The van der Waals surface area contributed by atoms with Gasteiger partial charge in [0.15, 0.2) is 0 Å². The lowest BCUT2D eigenvalue weighted by atomic mass is 10.0. The number of amides is 1. The predicted octanol–water partition coefficient (Wildman–Crippen LogP) is 4.19. The summed E-state index contributed by atoms with van der Waals surface area (Å²) < 4.78 is 28.8. The fraction of sp³-hybridized carbons (Fsp3) is 0.100. The number of halogens is 2. The number of benzene rings is 2. The molecule has 0 saturated carbocycles. The van der Waals surface area contributed by atoms with Gasteiger partial charge in [-0.3, -0.25) is 14.5 Å². The van der Waals surface area contributed by atoms with Crippen LogP contribution in [-0.4, -0.2) is 19.3 Å². The number of anilines is 1. The molecular formula is C20H17Cl2N3O3S. The lowest BCUT2D eigenvalue weighted by Crippen LogP contribution is -2.22. The minimum Gasteiger partial charge on any atom is -0.366 e. The number of primary amides is 1. The highest BCUT2D eigenvalue weighted by Gasteiger charge is 2.25. The molecule has 0 aliphatic carbocycles. The second-order valence-electron chi connectivity index (χ2n) is 6.47. The maximum atomic E-state index is 13.2. The largest absolute Gasteiger partial charge is 0.366 e. The molecule has 0 atom stereocenters. The third-order valence-electron chi connectivity index (χ3n) is 4.07. The van der Waals surface area contributed by atoms with Crippen LogP contribution in [0.15, 0.2) is 59.8 Å². The van der Waals surface area contributed by atoms with E-state index >= 15 is 0 Å². The predicted molar refractivity (Wildman–Crippen MR) is 114 cm³/mol. The highest BCUT2D eigenvalue weighted by Crippen LogP contribution is 2.28. The summed E-state index contributed by atoms with van der Waals surface area (Å²) in [5.74, 6) is -0.848. The summed E-state index contributed by atoms with van der Waals surface area (Å²) in [6.45, 7) is 1.79. The highest BCUT2D eigenvalue weighted by molar-refractivity contribution is 7.92. The van der Waals surface area contributed by atoms with Gasteiger partial charge in [0.25, 0.3) is 10.0 Å². The van der Waals surface area contributed by atoms with Gasteiger partial charge < -0.3 is 5.73 Å². The Labute approximate surface area is 178 Å². The van der Waals surface area contributed by atoms with Crippen LogP contribution in [0.1, 0.15) is 27.0 Å². The Bertz CT molecular complexity index is 1180. The van der Waals surface area contributed by atoms with Gasteiger partial charge in [-0.15, -0.1) is 0 Å². The molecular weight excluding hydrogens is 433 g/mol. The molecule has 0 spiro atoms. The van der Waals surface area contributed by atoms with Gasteiger partial charge in [-0.2, -0.15) is 0 Å². The smallest absolute Gasteiger partial charge is 0.263 e. The van der Waals surface area contributed by atoms with Crippen LogP contribution in [-0.2, 0) is 16.4 Å². The lowest BCUT2D eigenvalue weighted by Gasteiger charge is -2.16. The normalized spacial score (nSPS) is 11.3. The number of sulfonamides is 1. The van der Waals surface area contributed by atoms with E-state index < -0.39 is 15.9 Å². The van der Waals surface area contributed by atoms with Gasteiger partial charge in [-0.05, 0) is 60.4 Å². The molecule has 3 N–H and O–H groups in total. The summed E-state index contributed by atoms with van der Waals surface area (Å²) in [5.41, 5.74) is 7.48. The molecule has 6 nitrogen and oxygen atoms in total. The summed E-state index contributed by atoms with van der Waals surface area (Å²) in [5, 5.41) is 0.846. The monoisotopic (exact) mass is 449 g/mol. The van der Waals surface area contributed by atoms with Gasteiger partial charge in [0, 0.05) is 16.2 Å². The Hall–Kier alpha value is -2.61. The zero-order valence-corrected chi connectivity index (χ0v) is 17.6. The van der Waals surface area contributed by atoms with E-state index in [-0.39, 0.29) is 22.6 Å². The Kier molecular flexibility index (Phi) is 6.12. The first-order valence-corrected chi connectivity index (χ1v) is 10.7. The van der Waals surface area contributed by atoms with Crippen LogP contribution in [0.5, 0.6) is 0 Å². The van der Waals surface area contributed by atoms with Crippen molar-refractivity contribution in [1.29, 1.82) is 0 Å². The third-order valence-corrected chi connectivity index (χ3v) is 6.04. The average Bonchev–Trinajstić information content (AvgIpc) is 2.60. The van der Waals surface area contributed by atoms with Crippen molar-refractivity contribution in [3.63, 3.8) is 0 Å². The van der Waals surface area contributed by atoms with Gasteiger partial charge >= 0.3 is 0 Å². The highest BCUT2D eigenvalue weighted by atomic mass is 35.5. The molecule has 1 amide bonds. The summed E-state index contributed by atoms with van der Waals surface area (Å²) in [6.07, 6.45) is 3.17. The van der Waals surface area contributed by atoms with Crippen molar-refractivity contribution in [2.75, 3.05) is 4.72 Å². The van der Waals surface area contributed by atoms with Gasteiger partial charge in [0.05, 0.1) is 17.4 Å². The minimum atomic E-state index is -4.13. The number of nitrogens with zero attached hydrogens (tertiary/aromatic N) is 1. The van der Waals surface area contributed by atoms with Crippen molar-refractivity contribution in [2.45, 2.75) is 18.2 Å². The van der Waals surface area contributed by atoms with Gasteiger partial charge in [0.1, 0.15) is 4.90 Å². The van der Waals surface area contributed by atoms with Crippen molar-refractivity contribution < 1.29 is 13.2 Å². The molecule has 3 rings (SSSR count). The number of carbonyl (C=O) groups excluding carboxylic acids is 1. The number of nitrogens with two attached hydrogens (primary N) is 1. The van der Waals surface area contributed by atoms with Gasteiger partial charge in [-0.25, -0.2) is 8.42 Å². The first-order valence-electron chi connectivity index (χ1n) is 8.47. The molecule has 0 aliphatic rings. The summed E-state index contributed by atoms with van der Waals surface area (Å²) in [7, 11) is -4.13. The molecule has 0 unspecified atom stereocenters. The van der Waals surface area contributed by atoms with Crippen molar-refractivity contribution in [2.24, 2.45) is 5.73 Å². The molecule has 3 aromatic rings. The van der Waals surface area contributed by atoms with E-state index in [2.05, 4.69) is 9.71 Å². The van der Waals surface area contributed by atoms with Crippen molar-refractivity contribution in [1.82, 2.24) is 4.98 Å². The molecule has 0 saturated heterocycles. The molecule has 29 heavy (non-hydrogen) atoms. The number of carbonyl (C=O) groups is 1. The topological polar surface area (TPSA) is 102 Å². The Morgan fingerprint density at radius 2 is 1.79 bits per heavy atom. The van der Waals surface area contributed by atoms with Crippen molar-refractivity contribution in [3.05, 3.63) is 87.2 Å². The van der Waals surface area contributed by atoms with E-state index in [1.165, 1.54) is 12.3 Å². The molecule has 1 aromatic heterocycles. The number of aryl methyl sites for hydroxylation is 1. The van der Waals surface area contributed by atoms with Crippen molar-refractivity contribution in [3.8, 4) is 0 Å². The first kappa shape index (κ1) is 21.1. The van der Waals surface area contributed by atoms with Crippen LogP contribution in [0.2, 0.25) is 10.0 Å². The molecule has 0 bridgehead atoms. The maximum Gasteiger partial charge on any atom is 0.263 e. The molecule has 1 heterocycles. The van der Waals surface area contributed by atoms with Gasteiger partial charge in [0.2, 0.25) is 5.91 Å². The van der Waals surface area contributed by atoms with Crippen LogP contribution in [0.3, 0.4) is 0 Å². The zero-order valence-electron chi connectivity index (χ0n) is 15.3. The molecule has 0 radical (unpaired) electrons. The second kappa shape index (κ2) is 8.41. The summed E-state index contributed by atoms with van der Waals surface area (Å²) in [6, 6.07) is 11.1. The van der Waals surface area contributed by atoms with Gasteiger partial charge in [-0.1, -0.05) is 35.3 Å². The standard InChI is InChI=1S/C20H17Cl2N3O3S/c1-12-5-17(11-24-10-12)25-29(27,28)19-14(3-2-4-18(19)20(23)26)6-13-7-15(21)9-16(22)8-13/h2-5,7-11,25H,6H2,1H3,(H2,23,26). The molecule has 150 valence electrons. The van der Waals surface area contributed by atoms with E-state index in [0.717, 1.165) is 5.56 Å². The Balaban J connectivity index is 2.11. The zero-order chi connectivity index (χ0) is 21.2. The summed E-state index contributed by atoms with van der Waals surface area (Å²) in [4.78, 5) is 15.8. The lowest BCUT2D eigenvalue weighted by molar-refractivity contribution is 0.0997. The minimum absolute atomic E-state index is 0.108. The van der Waals surface area contributed by atoms with Crippen LogP contribution in [0.25, 0.3) is 0 Å². The van der Waals surface area contributed by atoms with Crippen LogP contribution in [0, 0.1) is 6.92 Å². The molecule has 0 fully saturated rings. The number of hydrogen-bond acceptors (Lipinski definition) is 4. The Morgan fingerprint density at radius 3 is 2.41 bits per heavy atom. The fourth-order valence-electron chi connectivity index (χ4n) is 2.99. The van der Waals surface area contributed by atoms with E-state index in [0.29, 0.717) is 21.2 Å². The number of nitrogens with one attached hydrogen (secondary N) is 1. The molecule has 9 heteroatoms. The van der Waals surface area contributed by atoms with E-state index in [1.54, 1.807) is 49.5 Å². The summed E-state index contributed by atoms with van der Waals surface area (Å²) >= 11 is 12.1. The SMILES string of the molecule is Cc1cncc(NS(=O)(=O)c2c(Cc3cc(Cl)cc(Cl)c3)cccc2C(N)=O)c1. The molecule has 2 aromatic carbocycles. The van der Waals surface area contributed by atoms with Crippen LogP contribution >= 0.6 is 23.2 Å². The first-order chi connectivity index (χ1) is 13.7. The van der Waals surface area contributed by atoms with E-state index in [9.17, 15) is 13.2 Å². The number of pyridine rings is 1. The van der Waals surface area contributed by atoms with Crippen LogP contribution < -0.4 is 10.5 Å². The quantitative estimate of drug-likeness (QED) is 0.588. The average molecular weight is 450 g/mol. The molecule has 0 aliphatic heterocycles. The Morgan fingerprint density at radius 1 is 1.10 bits per heavy atom. The van der Waals surface area contributed by atoms with E-state index in [4.69, 9.17) is 28.9 Å².